The number of nitrogens with two attached hydrogens (primary N) is 1. The third-order valence-corrected chi connectivity index (χ3v) is 4.62. The molecule has 0 aliphatic heterocycles. The first-order valence-corrected chi connectivity index (χ1v) is 7.16. The quantitative estimate of drug-likeness (QED) is 0.880. The van der Waals surface area contributed by atoms with E-state index in [1.54, 1.807) is 6.07 Å². The van der Waals surface area contributed by atoms with Crippen molar-refractivity contribution in [1.82, 2.24) is 0 Å². The van der Waals surface area contributed by atoms with E-state index in [1.165, 1.54) is 17.8 Å². The molecule has 0 aliphatic rings. The van der Waals surface area contributed by atoms with Gasteiger partial charge in [-0.1, -0.05) is 30.0 Å². The first-order valence-electron chi connectivity index (χ1n) is 5.55. The van der Waals surface area contributed by atoms with Crippen LogP contribution in [0.3, 0.4) is 0 Å². The Bertz CT molecular complexity index is 557. The van der Waals surface area contributed by atoms with Crippen molar-refractivity contribution >= 4 is 27.7 Å². The lowest BCUT2D eigenvalue weighted by Crippen LogP contribution is -2.05. The van der Waals surface area contributed by atoms with E-state index in [9.17, 15) is 4.39 Å². The van der Waals surface area contributed by atoms with Crippen molar-refractivity contribution in [2.45, 2.75) is 22.8 Å². The minimum atomic E-state index is -0.231. The average molecular weight is 326 g/mol. The van der Waals surface area contributed by atoms with Gasteiger partial charge in [0.2, 0.25) is 0 Å². The topological polar surface area (TPSA) is 26.0 Å². The molecule has 0 radical (unpaired) electrons. The third-order valence-electron chi connectivity index (χ3n) is 2.54. The molecule has 1 nitrogen and oxygen atoms in total. The molecule has 4 heteroatoms. The van der Waals surface area contributed by atoms with Crippen molar-refractivity contribution in [2.75, 3.05) is 0 Å². The van der Waals surface area contributed by atoms with Crippen molar-refractivity contribution in [3.8, 4) is 0 Å². The fraction of sp³-hybridized carbons (Fsp3) is 0.143. The van der Waals surface area contributed by atoms with E-state index in [0.717, 1.165) is 14.9 Å². The molecule has 2 aromatic carbocycles. The Balaban J connectivity index is 2.28. The molecule has 0 saturated carbocycles. The second kappa shape index (κ2) is 5.87. The van der Waals surface area contributed by atoms with E-state index in [4.69, 9.17) is 5.73 Å². The maximum absolute atomic E-state index is 13.9. The van der Waals surface area contributed by atoms with E-state index < -0.39 is 0 Å². The van der Waals surface area contributed by atoms with Gasteiger partial charge in [-0.15, -0.1) is 0 Å². The molecule has 2 N–H and O–H groups in total. The van der Waals surface area contributed by atoms with Crippen molar-refractivity contribution < 1.29 is 4.39 Å². The Morgan fingerprint density at radius 2 is 1.89 bits per heavy atom. The third kappa shape index (κ3) is 3.13. The van der Waals surface area contributed by atoms with Crippen LogP contribution in [-0.4, -0.2) is 0 Å². The lowest BCUT2D eigenvalue weighted by atomic mass is 10.1. The lowest BCUT2D eigenvalue weighted by molar-refractivity contribution is 0.596. The molecule has 0 bridgehead atoms. The summed E-state index contributed by atoms with van der Waals surface area (Å²) in [5.41, 5.74) is 6.54. The van der Waals surface area contributed by atoms with Crippen molar-refractivity contribution in [2.24, 2.45) is 5.73 Å². The van der Waals surface area contributed by atoms with E-state index in [2.05, 4.69) is 15.9 Å². The van der Waals surface area contributed by atoms with Crippen LogP contribution in [0.2, 0.25) is 0 Å². The van der Waals surface area contributed by atoms with Crippen LogP contribution in [0, 0.1) is 5.82 Å². The summed E-state index contributed by atoms with van der Waals surface area (Å²) in [5.74, 6) is -0.231. The Kier molecular flexibility index (Phi) is 4.43. The normalized spacial score (nSPS) is 12.4. The van der Waals surface area contributed by atoms with Gasteiger partial charge in [0, 0.05) is 20.3 Å². The predicted molar refractivity (Wildman–Crippen MR) is 77.3 cm³/mol. The van der Waals surface area contributed by atoms with Crippen LogP contribution in [0.5, 0.6) is 0 Å². The number of rotatable bonds is 3. The Labute approximate surface area is 119 Å². The second-order valence-corrected chi connectivity index (χ2v) is 5.95. The zero-order valence-electron chi connectivity index (χ0n) is 9.86. The monoisotopic (exact) mass is 325 g/mol. The highest BCUT2D eigenvalue weighted by atomic mass is 79.9. The zero-order chi connectivity index (χ0) is 13.1. The summed E-state index contributed by atoms with van der Waals surface area (Å²) in [4.78, 5) is 1.59. The number of hydrogen-bond acceptors (Lipinski definition) is 2. The van der Waals surface area contributed by atoms with Gasteiger partial charge in [0.05, 0.1) is 0 Å². The van der Waals surface area contributed by atoms with Gasteiger partial charge in [0.25, 0.3) is 0 Å². The standard InChI is InChI=1S/C14H13BrFNS/c1-9(17)10-6-7-14(12(16)8-10)18-13-5-3-2-4-11(13)15/h2-9H,17H2,1H3. The summed E-state index contributed by atoms with van der Waals surface area (Å²) < 4.78 is 14.9. The highest BCUT2D eigenvalue weighted by molar-refractivity contribution is 9.10. The molecule has 0 spiro atoms. The summed E-state index contributed by atoms with van der Waals surface area (Å²) in [5, 5.41) is 0. The van der Waals surface area contributed by atoms with Crippen LogP contribution >= 0.6 is 27.7 Å². The maximum atomic E-state index is 13.9. The molecule has 18 heavy (non-hydrogen) atoms. The van der Waals surface area contributed by atoms with Crippen molar-refractivity contribution in [1.29, 1.82) is 0 Å². The molecule has 94 valence electrons. The number of hydrogen-bond donors (Lipinski definition) is 1. The molecule has 1 atom stereocenters. The first kappa shape index (κ1) is 13.6. The fourth-order valence-corrected chi connectivity index (χ4v) is 2.90. The Hall–Kier alpha value is -0.840. The van der Waals surface area contributed by atoms with Gasteiger partial charge >= 0.3 is 0 Å². The van der Waals surface area contributed by atoms with E-state index >= 15 is 0 Å². The molecule has 0 saturated heterocycles. The molecular formula is C14H13BrFNS. The summed E-state index contributed by atoms with van der Waals surface area (Å²) in [7, 11) is 0. The van der Waals surface area contributed by atoms with E-state index in [1.807, 2.05) is 37.3 Å². The van der Waals surface area contributed by atoms with Crippen LogP contribution in [0.15, 0.2) is 56.7 Å². The predicted octanol–water partition coefficient (Wildman–Crippen LogP) is 4.76. The molecule has 1 unspecified atom stereocenters. The van der Waals surface area contributed by atoms with Crippen LogP contribution in [-0.2, 0) is 0 Å². The molecule has 2 aromatic rings. The van der Waals surface area contributed by atoms with Crippen LogP contribution in [0.1, 0.15) is 18.5 Å². The van der Waals surface area contributed by atoms with Crippen LogP contribution in [0.25, 0.3) is 0 Å². The number of halogens is 2. The van der Waals surface area contributed by atoms with E-state index in [-0.39, 0.29) is 11.9 Å². The average Bonchev–Trinajstić information content (AvgIpc) is 2.34. The molecular weight excluding hydrogens is 313 g/mol. The second-order valence-electron chi connectivity index (χ2n) is 4.01. The highest BCUT2D eigenvalue weighted by Gasteiger charge is 2.09. The van der Waals surface area contributed by atoms with Gasteiger partial charge in [0.15, 0.2) is 0 Å². The minimum Gasteiger partial charge on any atom is -0.324 e. The molecule has 0 amide bonds. The number of benzene rings is 2. The Morgan fingerprint density at radius 1 is 1.17 bits per heavy atom. The van der Waals surface area contributed by atoms with Gasteiger partial charge < -0.3 is 5.73 Å². The van der Waals surface area contributed by atoms with Crippen molar-refractivity contribution in [3.63, 3.8) is 0 Å². The minimum absolute atomic E-state index is 0.151. The smallest absolute Gasteiger partial charge is 0.137 e. The van der Waals surface area contributed by atoms with Gasteiger partial charge in [-0.25, -0.2) is 4.39 Å². The molecule has 0 heterocycles. The SMILES string of the molecule is CC(N)c1ccc(Sc2ccccc2Br)c(F)c1. The zero-order valence-corrected chi connectivity index (χ0v) is 12.3. The largest absolute Gasteiger partial charge is 0.324 e. The highest BCUT2D eigenvalue weighted by Crippen LogP contribution is 2.35. The molecule has 0 fully saturated rings. The van der Waals surface area contributed by atoms with Crippen LogP contribution in [0.4, 0.5) is 4.39 Å². The lowest BCUT2D eigenvalue weighted by Gasteiger charge is -2.09. The first-order chi connectivity index (χ1) is 8.58. The summed E-state index contributed by atoms with van der Waals surface area (Å²) >= 11 is 4.85. The van der Waals surface area contributed by atoms with Gasteiger partial charge in [-0.2, -0.15) is 0 Å². The van der Waals surface area contributed by atoms with Gasteiger partial charge in [-0.3, -0.25) is 0 Å². The van der Waals surface area contributed by atoms with Crippen LogP contribution < -0.4 is 5.73 Å². The molecule has 0 aliphatic carbocycles. The Morgan fingerprint density at radius 3 is 2.50 bits per heavy atom. The molecule has 0 aromatic heterocycles. The van der Waals surface area contributed by atoms with Crippen molar-refractivity contribution in [3.05, 3.63) is 58.3 Å². The summed E-state index contributed by atoms with van der Waals surface area (Å²) in [6, 6.07) is 12.8. The fourth-order valence-electron chi connectivity index (χ4n) is 1.53. The molecule has 2 rings (SSSR count). The summed E-state index contributed by atoms with van der Waals surface area (Å²) in [6.07, 6.45) is 0. The van der Waals surface area contributed by atoms with E-state index in [0.29, 0.717) is 4.90 Å². The maximum Gasteiger partial charge on any atom is 0.137 e. The van der Waals surface area contributed by atoms with Gasteiger partial charge in [-0.05, 0) is 52.7 Å². The van der Waals surface area contributed by atoms with Gasteiger partial charge in [0.1, 0.15) is 5.82 Å². The summed E-state index contributed by atoms with van der Waals surface area (Å²) in [6.45, 7) is 1.84.